The Morgan fingerprint density at radius 2 is 1.79 bits per heavy atom. The molecule has 0 unspecified atom stereocenters. The summed E-state index contributed by atoms with van der Waals surface area (Å²) in [6, 6.07) is 8.25. The summed E-state index contributed by atoms with van der Waals surface area (Å²) < 4.78 is 27.2. The summed E-state index contributed by atoms with van der Waals surface area (Å²) in [6.45, 7) is 9.03. The Balaban J connectivity index is 2.39. The molecular weight excluding hydrogens is 388 g/mol. The van der Waals surface area contributed by atoms with Crippen molar-refractivity contribution in [2.24, 2.45) is 0 Å². The minimum atomic E-state index is -3.63. The first-order chi connectivity index (χ1) is 13.8. The minimum absolute atomic E-state index is 0.152. The van der Waals surface area contributed by atoms with Crippen LogP contribution in [0.4, 0.5) is 11.4 Å². The summed E-state index contributed by atoms with van der Waals surface area (Å²) in [7, 11) is -3.63. The van der Waals surface area contributed by atoms with Gasteiger partial charge < -0.3 is 10.6 Å². The number of hydrogen-bond acceptors (Lipinski definition) is 5. The van der Waals surface area contributed by atoms with Crippen LogP contribution in [0, 0.1) is 6.92 Å². The van der Waals surface area contributed by atoms with E-state index in [1.54, 1.807) is 38.1 Å². The van der Waals surface area contributed by atoms with Crippen molar-refractivity contribution >= 4 is 27.3 Å². The Labute approximate surface area is 173 Å². The number of carbonyl (C=O) groups excluding carboxylic acids is 1. The second-order valence-corrected chi connectivity index (χ2v) is 8.66. The van der Waals surface area contributed by atoms with Crippen LogP contribution in [0.15, 0.2) is 41.4 Å². The summed E-state index contributed by atoms with van der Waals surface area (Å²) >= 11 is 0. The van der Waals surface area contributed by atoms with Crippen LogP contribution in [0.1, 0.15) is 49.7 Å². The van der Waals surface area contributed by atoms with E-state index in [0.717, 1.165) is 25.1 Å². The molecule has 1 amide bonds. The van der Waals surface area contributed by atoms with E-state index in [1.165, 1.54) is 16.6 Å². The van der Waals surface area contributed by atoms with Gasteiger partial charge in [-0.25, -0.2) is 8.42 Å². The fourth-order valence-electron chi connectivity index (χ4n) is 2.85. The molecule has 0 fully saturated rings. The number of aromatic nitrogens is 1. The van der Waals surface area contributed by atoms with Gasteiger partial charge in [0.25, 0.3) is 5.91 Å². The van der Waals surface area contributed by atoms with Gasteiger partial charge in [-0.1, -0.05) is 27.2 Å². The zero-order valence-corrected chi connectivity index (χ0v) is 18.3. The molecule has 29 heavy (non-hydrogen) atoms. The van der Waals surface area contributed by atoms with Gasteiger partial charge in [-0.3, -0.25) is 9.78 Å². The van der Waals surface area contributed by atoms with Crippen molar-refractivity contribution in [2.75, 3.05) is 30.3 Å². The minimum Gasteiger partial charge on any atom is -0.383 e. The molecule has 0 saturated heterocycles. The van der Waals surface area contributed by atoms with E-state index in [9.17, 15) is 13.2 Å². The predicted octanol–water partition coefficient (Wildman–Crippen LogP) is 3.88. The molecule has 0 aliphatic rings. The number of benzene rings is 1. The average Bonchev–Trinajstić information content (AvgIpc) is 2.70. The Bertz CT molecular complexity index is 923. The molecule has 158 valence electrons. The van der Waals surface area contributed by atoms with Crippen molar-refractivity contribution in [1.29, 1.82) is 0 Å². The molecule has 2 rings (SSSR count). The Kier molecular flexibility index (Phi) is 8.16. The topological polar surface area (TPSA) is 91.4 Å². The molecule has 2 aromatic rings. The van der Waals surface area contributed by atoms with Crippen molar-refractivity contribution in [2.45, 2.75) is 45.4 Å². The third-order valence-electron chi connectivity index (χ3n) is 4.60. The highest BCUT2D eigenvalue weighted by atomic mass is 32.2. The molecule has 1 aromatic carbocycles. The number of rotatable bonds is 10. The van der Waals surface area contributed by atoms with Gasteiger partial charge in [0, 0.05) is 31.5 Å². The fourth-order valence-corrected chi connectivity index (χ4v) is 4.34. The molecule has 0 saturated carbocycles. The molecule has 8 heteroatoms. The van der Waals surface area contributed by atoms with Gasteiger partial charge in [0.05, 0.1) is 21.8 Å². The number of carbonyl (C=O) groups is 1. The van der Waals surface area contributed by atoms with E-state index < -0.39 is 10.0 Å². The second-order valence-electron chi connectivity index (χ2n) is 6.72. The number of nitrogens with one attached hydrogen (secondary N) is 2. The largest absolute Gasteiger partial charge is 0.383 e. The average molecular weight is 419 g/mol. The summed E-state index contributed by atoms with van der Waals surface area (Å²) in [5.74, 6) is -0.339. The van der Waals surface area contributed by atoms with Crippen molar-refractivity contribution < 1.29 is 13.2 Å². The third kappa shape index (κ3) is 5.77. The summed E-state index contributed by atoms with van der Waals surface area (Å²) in [4.78, 5) is 17.0. The molecule has 0 radical (unpaired) electrons. The van der Waals surface area contributed by atoms with Gasteiger partial charge in [0.1, 0.15) is 0 Å². The van der Waals surface area contributed by atoms with Gasteiger partial charge in [-0.05, 0) is 43.7 Å². The SMILES string of the molecule is CCCCNc1ccc(S(=O)(=O)N(CC)CC)cc1NC(=O)c1ccc(C)nc1. The number of nitrogens with zero attached hydrogens (tertiary/aromatic N) is 2. The molecule has 0 atom stereocenters. The Morgan fingerprint density at radius 1 is 1.07 bits per heavy atom. The number of aryl methyl sites for hydroxylation is 1. The zero-order valence-electron chi connectivity index (χ0n) is 17.5. The lowest BCUT2D eigenvalue weighted by Crippen LogP contribution is -2.30. The Hall–Kier alpha value is -2.45. The van der Waals surface area contributed by atoms with Crippen LogP contribution in [-0.4, -0.2) is 43.2 Å². The second kappa shape index (κ2) is 10.4. The van der Waals surface area contributed by atoms with Crippen LogP contribution >= 0.6 is 0 Å². The van der Waals surface area contributed by atoms with Crippen molar-refractivity contribution in [3.05, 3.63) is 47.8 Å². The normalized spacial score (nSPS) is 11.5. The van der Waals surface area contributed by atoms with Gasteiger partial charge in [-0.2, -0.15) is 4.31 Å². The lowest BCUT2D eigenvalue weighted by molar-refractivity contribution is 0.102. The maximum atomic E-state index is 12.9. The van der Waals surface area contributed by atoms with Crippen LogP contribution < -0.4 is 10.6 Å². The molecule has 7 nitrogen and oxygen atoms in total. The molecule has 1 heterocycles. The number of pyridine rings is 1. The van der Waals surface area contributed by atoms with Crippen LogP contribution in [0.2, 0.25) is 0 Å². The standard InChI is InChI=1S/C21H30N4O3S/c1-5-8-13-22-19-12-11-18(29(27,28)25(6-2)7-3)14-20(19)24-21(26)17-10-9-16(4)23-15-17/h9-12,14-15,22H,5-8,13H2,1-4H3,(H,24,26). The number of amides is 1. The van der Waals surface area contributed by atoms with E-state index in [-0.39, 0.29) is 10.8 Å². The first kappa shape index (κ1) is 22.8. The highest BCUT2D eigenvalue weighted by Crippen LogP contribution is 2.28. The maximum absolute atomic E-state index is 12.9. The quantitative estimate of drug-likeness (QED) is 0.571. The summed E-state index contributed by atoms with van der Waals surface area (Å²) in [6.07, 6.45) is 3.50. The maximum Gasteiger partial charge on any atom is 0.257 e. The summed E-state index contributed by atoms with van der Waals surface area (Å²) in [5, 5.41) is 6.11. The number of hydrogen-bond donors (Lipinski definition) is 2. The number of sulfonamides is 1. The van der Waals surface area contributed by atoms with Crippen LogP contribution in [0.5, 0.6) is 0 Å². The lowest BCUT2D eigenvalue weighted by Gasteiger charge is -2.20. The van der Waals surface area contributed by atoms with Gasteiger partial charge in [0.2, 0.25) is 10.0 Å². The molecule has 1 aromatic heterocycles. The van der Waals surface area contributed by atoms with Crippen LogP contribution in [0.3, 0.4) is 0 Å². The molecule has 0 aliphatic carbocycles. The predicted molar refractivity (Wildman–Crippen MR) is 117 cm³/mol. The molecule has 0 aliphatic heterocycles. The van der Waals surface area contributed by atoms with E-state index in [4.69, 9.17) is 0 Å². The molecule has 2 N–H and O–H groups in total. The van der Waals surface area contributed by atoms with Crippen molar-refractivity contribution in [1.82, 2.24) is 9.29 Å². The van der Waals surface area contributed by atoms with Gasteiger partial charge in [0.15, 0.2) is 0 Å². The van der Waals surface area contributed by atoms with Gasteiger partial charge >= 0.3 is 0 Å². The zero-order chi connectivity index (χ0) is 21.4. The first-order valence-electron chi connectivity index (χ1n) is 9.95. The van der Waals surface area contributed by atoms with E-state index in [2.05, 4.69) is 22.5 Å². The molecular formula is C21H30N4O3S. The monoisotopic (exact) mass is 418 g/mol. The number of anilines is 2. The summed E-state index contributed by atoms with van der Waals surface area (Å²) in [5.41, 5.74) is 2.34. The lowest BCUT2D eigenvalue weighted by atomic mass is 10.2. The number of unbranched alkanes of at least 4 members (excludes halogenated alkanes) is 1. The third-order valence-corrected chi connectivity index (χ3v) is 6.65. The van der Waals surface area contributed by atoms with Crippen molar-refractivity contribution in [3.8, 4) is 0 Å². The fraction of sp³-hybridized carbons (Fsp3) is 0.429. The Morgan fingerprint density at radius 3 is 2.38 bits per heavy atom. The van der Waals surface area contributed by atoms with E-state index in [0.29, 0.717) is 30.0 Å². The van der Waals surface area contributed by atoms with Crippen LogP contribution in [0.25, 0.3) is 0 Å². The van der Waals surface area contributed by atoms with Crippen molar-refractivity contribution in [3.63, 3.8) is 0 Å². The highest BCUT2D eigenvalue weighted by Gasteiger charge is 2.23. The first-order valence-corrected chi connectivity index (χ1v) is 11.4. The highest BCUT2D eigenvalue weighted by molar-refractivity contribution is 7.89. The van der Waals surface area contributed by atoms with E-state index in [1.807, 2.05) is 6.92 Å². The van der Waals surface area contributed by atoms with Crippen LogP contribution in [-0.2, 0) is 10.0 Å². The molecule has 0 spiro atoms. The smallest absolute Gasteiger partial charge is 0.257 e. The molecule has 0 bridgehead atoms. The van der Waals surface area contributed by atoms with Gasteiger partial charge in [-0.15, -0.1) is 0 Å². The van der Waals surface area contributed by atoms with E-state index >= 15 is 0 Å².